The number of hydrazone groups is 1. The Morgan fingerprint density at radius 1 is 1.03 bits per heavy atom. The van der Waals surface area contributed by atoms with Crippen LogP contribution in [0.5, 0.6) is 0 Å². The van der Waals surface area contributed by atoms with Crippen molar-refractivity contribution >= 4 is 39.6 Å². The zero-order valence-electron chi connectivity index (χ0n) is 19.4. The lowest BCUT2D eigenvalue weighted by molar-refractivity contribution is -0.384. The highest BCUT2D eigenvalue weighted by Gasteiger charge is 2.16. The highest BCUT2D eigenvalue weighted by atomic mass is 16.6. The molecule has 0 radical (unpaired) electrons. The van der Waals surface area contributed by atoms with Crippen LogP contribution in [0.2, 0.25) is 0 Å². The number of hydrogen-bond acceptors (Lipinski definition) is 5. The van der Waals surface area contributed by atoms with Crippen molar-refractivity contribution in [2.75, 3.05) is 0 Å². The van der Waals surface area contributed by atoms with Gasteiger partial charge in [0.15, 0.2) is 5.76 Å². The van der Waals surface area contributed by atoms with Gasteiger partial charge in [-0.3, -0.25) is 14.9 Å². The summed E-state index contributed by atoms with van der Waals surface area (Å²) in [6, 6.07) is 20.2. The number of benzene rings is 3. The van der Waals surface area contributed by atoms with Gasteiger partial charge in [0.25, 0.3) is 5.69 Å². The third-order valence-electron chi connectivity index (χ3n) is 6.12. The summed E-state index contributed by atoms with van der Waals surface area (Å²) in [5, 5.41) is 18.2. The van der Waals surface area contributed by atoms with Crippen LogP contribution in [0.25, 0.3) is 27.4 Å². The largest absolute Gasteiger partial charge is 0.451 e. The molecule has 0 bridgehead atoms. The SMILES string of the molecule is Cc1cc([N+](=O)[O-])ccc1-n1c(C)cc(/C=N/NC(=O)c2cc3c(ccc4ccccc43)o2)c1C. The van der Waals surface area contributed by atoms with Crippen molar-refractivity contribution in [2.24, 2.45) is 5.10 Å². The maximum Gasteiger partial charge on any atom is 0.307 e. The van der Waals surface area contributed by atoms with Gasteiger partial charge in [0, 0.05) is 40.2 Å². The van der Waals surface area contributed by atoms with Crippen molar-refractivity contribution in [3.63, 3.8) is 0 Å². The Morgan fingerprint density at radius 2 is 1.83 bits per heavy atom. The molecule has 1 N–H and O–H groups in total. The van der Waals surface area contributed by atoms with Gasteiger partial charge in [-0.1, -0.05) is 30.3 Å². The van der Waals surface area contributed by atoms with E-state index in [0.29, 0.717) is 5.58 Å². The molecule has 1 amide bonds. The number of rotatable bonds is 5. The van der Waals surface area contributed by atoms with Gasteiger partial charge < -0.3 is 8.98 Å². The van der Waals surface area contributed by atoms with Gasteiger partial charge in [0.05, 0.1) is 11.1 Å². The predicted octanol–water partition coefficient (Wildman–Crippen LogP) is 5.97. The minimum Gasteiger partial charge on any atom is -0.451 e. The number of hydrogen-bond donors (Lipinski definition) is 1. The van der Waals surface area contributed by atoms with Crippen molar-refractivity contribution in [2.45, 2.75) is 20.8 Å². The molecule has 8 heteroatoms. The van der Waals surface area contributed by atoms with Crippen molar-refractivity contribution in [1.29, 1.82) is 0 Å². The van der Waals surface area contributed by atoms with E-state index in [4.69, 9.17) is 4.42 Å². The van der Waals surface area contributed by atoms with Gasteiger partial charge in [-0.2, -0.15) is 5.10 Å². The Labute approximate surface area is 200 Å². The molecule has 8 nitrogen and oxygen atoms in total. The van der Waals surface area contributed by atoms with Crippen LogP contribution >= 0.6 is 0 Å². The Kier molecular flexibility index (Phi) is 5.41. The average molecular weight is 466 g/mol. The summed E-state index contributed by atoms with van der Waals surface area (Å²) in [6.07, 6.45) is 1.58. The van der Waals surface area contributed by atoms with Gasteiger partial charge in [0.1, 0.15) is 5.58 Å². The standard InChI is InChI=1S/C27H22N4O4/c1-16-12-21(31(33)34)9-10-24(16)30-17(2)13-20(18(30)3)15-28-29-27(32)26-14-23-22-7-5-4-6-19(22)8-11-25(23)35-26/h4-15H,1-3H3,(H,29,32)/b28-15+. The van der Waals surface area contributed by atoms with E-state index in [0.717, 1.165) is 44.4 Å². The van der Waals surface area contributed by atoms with E-state index in [1.54, 1.807) is 24.4 Å². The van der Waals surface area contributed by atoms with E-state index in [2.05, 4.69) is 10.5 Å². The first kappa shape index (κ1) is 22.1. The molecule has 0 saturated carbocycles. The minimum atomic E-state index is -0.443. The molecule has 2 heterocycles. The number of nitrogens with one attached hydrogen (secondary N) is 1. The summed E-state index contributed by atoms with van der Waals surface area (Å²) in [4.78, 5) is 23.3. The lowest BCUT2D eigenvalue weighted by Crippen LogP contribution is -2.16. The molecule has 0 saturated heterocycles. The minimum absolute atomic E-state index is 0.0526. The summed E-state index contributed by atoms with van der Waals surface area (Å²) >= 11 is 0. The monoisotopic (exact) mass is 466 g/mol. The summed E-state index contributed by atoms with van der Waals surface area (Å²) in [5.74, 6) is -0.262. The summed E-state index contributed by atoms with van der Waals surface area (Å²) in [5.41, 5.74) is 7.52. The van der Waals surface area contributed by atoms with E-state index in [1.807, 2.05) is 67.8 Å². The fraction of sp³-hybridized carbons (Fsp3) is 0.111. The lowest BCUT2D eigenvalue weighted by atomic mass is 10.1. The van der Waals surface area contributed by atoms with E-state index in [-0.39, 0.29) is 11.4 Å². The van der Waals surface area contributed by atoms with Gasteiger partial charge in [-0.25, -0.2) is 5.43 Å². The first-order chi connectivity index (χ1) is 16.8. The van der Waals surface area contributed by atoms with Crippen LogP contribution in [0.3, 0.4) is 0 Å². The number of carbonyl (C=O) groups excluding carboxylic acids is 1. The maximum absolute atomic E-state index is 12.7. The molecule has 0 spiro atoms. The number of non-ortho nitro benzene ring substituents is 1. The Balaban J connectivity index is 1.38. The molecular formula is C27H22N4O4. The molecule has 0 atom stereocenters. The van der Waals surface area contributed by atoms with Crippen molar-refractivity contribution < 1.29 is 14.1 Å². The number of nitrogens with zero attached hydrogens (tertiary/aromatic N) is 3. The summed E-state index contributed by atoms with van der Waals surface area (Å²) in [7, 11) is 0. The second-order valence-corrected chi connectivity index (χ2v) is 8.40. The molecule has 5 aromatic rings. The van der Waals surface area contributed by atoms with E-state index >= 15 is 0 Å². The molecule has 0 aliphatic heterocycles. The predicted molar refractivity (Wildman–Crippen MR) is 135 cm³/mol. The number of fused-ring (bicyclic) bond motifs is 3. The summed E-state index contributed by atoms with van der Waals surface area (Å²) < 4.78 is 7.75. The van der Waals surface area contributed by atoms with Crippen LogP contribution in [-0.2, 0) is 0 Å². The fourth-order valence-corrected chi connectivity index (χ4v) is 4.41. The average Bonchev–Trinajstić information content (AvgIpc) is 3.40. The number of furan rings is 1. The molecule has 2 aromatic heterocycles. The van der Waals surface area contributed by atoms with E-state index in [9.17, 15) is 14.9 Å². The number of aryl methyl sites for hydroxylation is 2. The molecule has 0 aliphatic carbocycles. The van der Waals surface area contributed by atoms with Crippen LogP contribution in [0.1, 0.15) is 33.1 Å². The highest BCUT2D eigenvalue weighted by Crippen LogP contribution is 2.28. The van der Waals surface area contributed by atoms with E-state index in [1.165, 1.54) is 6.07 Å². The molecule has 5 rings (SSSR count). The zero-order valence-corrected chi connectivity index (χ0v) is 19.4. The number of aromatic nitrogens is 1. The molecule has 3 aromatic carbocycles. The Bertz CT molecular complexity index is 1660. The first-order valence-corrected chi connectivity index (χ1v) is 11.0. The van der Waals surface area contributed by atoms with Crippen LogP contribution in [-0.4, -0.2) is 21.6 Å². The smallest absolute Gasteiger partial charge is 0.307 e. The van der Waals surface area contributed by atoms with Gasteiger partial charge in [0.2, 0.25) is 0 Å². The topological polar surface area (TPSA) is 103 Å². The highest BCUT2D eigenvalue weighted by molar-refractivity contribution is 6.08. The van der Waals surface area contributed by atoms with Crippen molar-refractivity contribution in [3.8, 4) is 5.69 Å². The van der Waals surface area contributed by atoms with Crippen LogP contribution < -0.4 is 5.43 Å². The number of nitro benzene ring substituents is 1. The van der Waals surface area contributed by atoms with Crippen LogP contribution in [0, 0.1) is 30.9 Å². The first-order valence-electron chi connectivity index (χ1n) is 11.0. The number of amides is 1. The third kappa shape index (κ3) is 3.95. The van der Waals surface area contributed by atoms with Gasteiger partial charge >= 0.3 is 5.91 Å². The second-order valence-electron chi connectivity index (χ2n) is 8.40. The van der Waals surface area contributed by atoms with Crippen LogP contribution in [0.15, 0.2) is 76.2 Å². The second kappa shape index (κ2) is 8.57. The number of carbonyl (C=O) groups is 1. The molecule has 0 aliphatic rings. The zero-order chi connectivity index (χ0) is 24.7. The third-order valence-corrected chi connectivity index (χ3v) is 6.12. The fourth-order valence-electron chi connectivity index (χ4n) is 4.41. The molecule has 0 fully saturated rings. The normalized spacial score (nSPS) is 11.5. The Hall–Kier alpha value is -4.72. The van der Waals surface area contributed by atoms with Crippen molar-refractivity contribution in [3.05, 3.63) is 105 Å². The van der Waals surface area contributed by atoms with Gasteiger partial charge in [-0.15, -0.1) is 0 Å². The molecule has 174 valence electrons. The quantitative estimate of drug-likeness (QED) is 0.196. The maximum atomic E-state index is 12.7. The van der Waals surface area contributed by atoms with Gasteiger partial charge in [-0.05, 0) is 61.4 Å². The van der Waals surface area contributed by atoms with E-state index < -0.39 is 10.8 Å². The summed E-state index contributed by atoms with van der Waals surface area (Å²) in [6.45, 7) is 5.72. The van der Waals surface area contributed by atoms with Crippen molar-refractivity contribution in [1.82, 2.24) is 9.99 Å². The molecule has 0 unspecified atom stereocenters. The molecular weight excluding hydrogens is 444 g/mol. The number of nitro groups is 1. The lowest BCUT2D eigenvalue weighted by Gasteiger charge is -2.12. The van der Waals surface area contributed by atoms with Crippen LogP contribution in [0.4, 0.5) is 5.69 Å². The molecule has 35 heavy (non-hydrogen) atoms. The Morgan fingerprint density at radius 3 is 2.60 bits per heavy atom.